The number of hydrogen-bond acceptors (Lipinski definition) is 4. The van der Waals surface area contributed by atoms with Crippen LogP contribution >= 0.6 is 11.3 Å². The average Bonchev–Trinajstić information content (AvgIpc) is 3.39. The SMILES string of the molecule is C\C=C(C)/C=C\C(NC(=C\CC)/N=C(/C(F)=C\C)c1cc(C(C)=O)c(C2(CC)CCCCC2)s1)=C(\C)CC. The monoisotopic (exact) mass is 538 g/mol. The molecule has 0 aliphatic heterocycles. The van der Waals surface area contributed by atoms with Gasteiger partial charge in [-0.1, -0.05) is 63.3 Å². The van der Waals surface area contributed by atoms with Gasteiger partial charge in [0, 0.05) is 21.6 Å². The van der Waals surface area contributed by atoms with Crippen LogP contribution < -0.4 is 5.32 Å². The lowest BCUT2D eigenvalue weighted by molar-refractivity contribution is 0.101. The molecule has 1 aromatic heterocycles. The van der Waals surface area contributed by atoms with E-state index in [2.05, 4.69) is 51.2 Å². The van der Waals surface area contributed by atoms with E-state index in [4.69, 9.17) is 4.99 Å². The highest BCUT2D eigenvalue weighted by molar-refractivity contribution is 7.14. The van der Waals surface area contributed by atoms with Gasteiger partial charge in [0.2, 0.25) is 0 Å². The molecule has 0 saturated heterocycles. The molecule has 5 heteroatoms. The molecular weight excluding hydrogens is 491 g/mol. The Kier molecular flexibility index (Phi) is 12.6. The maximum atomic E-state index is 15.5. The first-order valence-corrected chi connectivity index (χ1v) is 15.0. The number of nitrogens with one attached hydrogen (secondary N) is 1. The van der Waals surface area contributed by atoms with Crippen LogP contribution in [0.3, 0.4) is 0 Å². The van der Waals surface area contributed by atoms with Crippen molar-refractivity contribution in [3.05, 3.63) is 80.3 Å². The van der Waals surface area contributed by atoms with Crippen LogP contribution in [0.2, 0.25) is 0 Å². The standard InChI is InChI=1S/C33H47FN2OS/c1-9-17-30(35-28(24(7)11-3)19-18-23(6)10-2)36-31(27(34)12-4)29-22-26(25(8)37)32(38-29)33(13-5)20-15-14-16-21-33/h10,12,17-19,22,35H,9,11,13-16,20-21H2,1-8H3/b19-18-,23-10-,27-12+,28-24+,30-17+,36-31-. The smallest absolute Gasteiger partial charge is 0.160 e. The number of thiophene rings is 1. The van der Waals surface area contributed by atoms with Crippen LogP contribution in [0.5, 0.6) is 0 Å². The molecule has 0 radical (unpaired) electrons. The van der Waals surface area contributed by atoms with E-state index in [9.17, 15) is 4.79 Å². The van der Waals surface area contributed by atoms with Crippen molar-refractivity contribution in [2.45, 2.75) is 112 Å². The van der Waals surface area contributed by atoms with Gasteiger partial charge in [-0.05, 0) is 91.0 Å². The number of carbonyl (C=O) groups excluding carboxylic acids is 1. The molecule has 1 aliphatic rings. The third-order valence-corrected chi connectivity index (χ3v) is 9.03. The van der Waals surface area contributed by atoms with E-state index in [0.717, 1.165) is 53.8 Å². The summed E-state index contributed by atoms with van der Waals surface area (Å²) in [5.41, 5.74) is 4.31. The van der Waals surface area contributed by atoms with Gasteiger partial charge >= 0.3 is 0 Å². The summed E-state index contributed by atoms with van der Waals surface area (Å²) in [5, 5.41) is 3.47. The zero-order valence-corrected chi connectivity index (χ0v) is 25.6. The summed E-state index contributed by atoms with van der Waals surface area (Å²) >= 11 is 1.56. The number of carbonyl (C=O) groups is 1. The number of halogens is 1. The highest BCUT2D eigenvalue weighted by atomic mass is 32.1. The molecule has 0 unspecified atom stereocenters. The second-order valence-electron chi connectivity index (χ2n) is 10.2. The summed E-state index contributed by atoms with van der Waals surface area (Å²) < 4.78 is 15.5. The van der Waals surface area contributed by atoms with Crippen molar-refractivity contribution in [3.63, 3.8) is 0 Å². The molecule has 38 heavy (non-hydrogen) atoms. The highest BCUT2D eigenvalue weighted by Gasteiger charge is 2.37. The van der Waals surface area contributed by atoms with Gasteiger partial charge in [-0.2, -0.15) is 0 Å². The Balaban J connectivity index is 2.67. The molecule has 0 aromatic carbocycles. The Hall–Kier alpha value is -2.53. The summed E-state index contributed by atoms with van der Waals surface area (Å²) in [5.74, 6) is 0.257. The van der Waals surface area contributed by atoms with Crippen LogP contribution in [0.25, 0.3) is 0 Å². The fraction of sp³-hybridized carbons (Fsp3) is 0.515. The maximum Gasteiger partial charge on any atom is 0.160 e. The van der Waals surface area contributed by atoms with Gasteiger partial charge in [0.05, 0.1) is 4.88 Å². The quantitative estimate of drug-likeness (QED) is 0.163. The second kappa shape index (κ2) is 15.2. The van der Waals surface area contributed by atoms with E-state index in [1.54, 1.807) is 25.2 Å². The van der Waals surface area contributed by atoms with Gasteiger partial charge in [-0.15, -0.1) is 11.3 Å². The van der Waals surface area contributed by atoms with Crippen molar-refractivity contribution in [1.82, 2.24) is 5.32 Å². The first-order valence-electron chi connectivity index (χ1n) is 14.2. The van der Waals surface area contributed by atoms with Gasteiger partial charge in [-0.3, -0.25) is 4.79 Å². The lowest BCUT2D eigenvalue weighted by Crippen LogP contribution is -2.28. The minimum absolute atomic E-state index is 0.0103. The molecule has 1 aromatic rings. The fourth-order valence-electron chi connectivity index (χ4n) is 4.86. The van der Waals surface area contributed by atoms with E-state index in [1.165, 1.54) is 30.9 Å². The Labute approximate surface area is 234 Å². The first-order chi connectivity index (χ1) is 18.2. The summed E-state index contributed by atoms with van der Waals surface area (Å²) in [7, 11) is 0. The van der Waals surface area contributed by atoms with Crippen molar-refractivity contribution in [3.8, 4) is 0 Å². The topological polar surface area (TPSA) is 41.5 Å². The Morgan fingerprint density at radius 3 is 2.29 bits per heavy atom. The molecule has 1 fully saturated rings. The molecule has 1 heterocycles. The normalized spacial score (nSPS) is 18.1. The molecule has 0 amide bonds. The molecular formula is C33H47FN2OS. The third kappa shape index (κ3) is 7.99. The summed E-state index contributed by atoms with van der Waals surface area (Å²) in [6, 6.07) is 1.88. The van der Waals surface area contributed by atoms with Crippen molar-refractivity contribution < 1.29 is 9.18 Å². The molecule has 1 aliphatic carbocycles. The molecule has 0 atom stereocenters. The molecule has 208 valence electrons. The summed E-state index contributed by atoms with van der Waals surface area (Å²) in [6.45, 7) is 15.9. The van der Waals surface area contributed by atoms with Gasteiger partial charge in [0.15, 0.2) is 5.78 Å². The zero-order valence-electron chi connectivity index (χ0n) is 24.8. The highest BCUT2D eigenvalue weighted by Crippen LogP contribution is 2.47. The number of ketones is 1. The predicted octanol–water partition coefficient (Wildman–Crippen LogP) is 10.3. The average molecular weight is 539 g/mol. The van der Waals surface area contributed by atoms with Crippen LogP contribution in [0.1, 0.15) is 127 Å². The summed E-state index contributed by atoms with van der Waals surface area (Å²) in [4.78, 5) is 19.5. The van der Waals surface area contributed by atoms with Crippen molar-refractivity contribution in [2.24, 2.45) is 4.99 Å². The van der Waals surface area contributed by atoms with Crippen LogP contribution in [-0.2, 0) is 5.41 Å². The molecule has 0 spiro atoms. The third-order valence-electron chi connectivity index (χ3n) is 7.64. The van der Waals surface area contributed by atoms with Gasteiger partial charge in [0.1, 0.15) is 17.4 Å². The Morgan fingerprint density at radius 1 is 1.08 bits per heavy atom. The van der Waals surface area contributed by atoms with E-state index in [-0.39, 0.29) is 22.7 Å². The second-order valence-corrected chi connectivity index (χ2v) is 11.3. The predicted molar refractivity (Wildman–Crippen MR) is 164 cm³/mol. The first kappa shape index (κ1) is 31.7. The van der Waals surface area contributed by atoms with E-state index in [0.29, 0.717) is 10.7 Å². The van der Waals surface area contributed by atoms with Crippen LogP contribution in [0, 0.1) is 0 Å². The molecule has 2 rings (SSSR count). The zero-order chi connectivity index (χ0) is 28.3. The molecule has 0 bridgehead atoms. The largest absolute Gasteiger partial charge is 0.341 e. The van der Waals surface area contributed by atoms with E-state index >= 15 is 4.39 Å². The minimum Gasteiger partial charge on any atom is -0.341 e. The van der Waals surface area contributed by atoms with Gasteiger partial charge < -0.3 is 5.32 Å². The van der Waals surface area contributed by atoms with Crippen molar-refractivity contribution in [1.29, 1.82) is 0 Å². The van der Waals surface area contributed by atoms with E-state index < -0.39 is 0 Å². The van der Waals surface area contributed by atoms with Crippen molar-refractivity contribution in [2.75, 3.05) is 0 Å². The van der Waals surface area contributed by atoms with Crippen molar-refractivity contribution >= 4 is 22.8 Å². The fourth-order valence-corrected chi connectivity index (χ4v) is 6.38. The Morgan fingerprint density at radius 2 is 1.76 bits per heavy atom. The number of nitrogens with zero attached hydrogens (tertiary/aromatic N) is 1. The number of Topliss-reactive ketones (excluding diaryl/α,β-unsaturated/α-hetero) is 1. The summed E-state index contributed by atoms with van der Waals surface area (Å²) in [6.07, 6.45) is 18.0. The number of hydrogen-bond donors (Lipinski definition) is 1. The minimum atomic E-state index is -0.385. The molecule has 1 saturated carbocycles. The van der Waals surface area contributed by atoms with E-state index in [1.807, 2.05) is 26.0 Å². The van der Waals surface area contributed by atoms with Crippen LogP contribution in [0.15, 0.2) is 69.9 Å². The molecule has 1 N–H and O–H groups in total. The number of allylic oxidation sites excluding steroid dienone is 8. The number of aliphatic imine (C=N–C) groups is 1. The van der Waals surface area contributed by atoms with Gasteiger partial charge in [-0.25, -0.2) is 9.38 Å². The van der Waals surface area contributed by atoms with Crippen LogP contribution in [-0.4, -0.2) is 11.5 Å². The maximum absolute atomic E-state index is 15.5. The van der Waals surface area contributed by atoms with Crippen LogP contribution in [0.4, 0.5) is 4.39 Å². The number of rotatable bonds is 12. The lowest BCUT2D eigenvalue weighted by atomic mass is 9.70. The Bertz CT molecular complexity index is 1150. The van der Waals surface area contributed by atoms with Gasteiger partial charge in [0.25, 0.3) is 0 Å². The lowest BCUT2D eigenvalue weighted by Gasteiger charge is -2.36. The molecule has 3 nitrogen and oxygen atoms in total.